The van der Waals surface area contributed by atoms with Crippen molar-refractivity contribution in [3.63, 3.8) is 0 Å². The molecule has 2 amide bonds. The minimum atomic E-state index is -0.186. The Balaban J connectivity index is 2.05. The fraction of sp³-hybridized carbons (Fsp3) is 0.567. The first-order chi connectivity index (χ1) is 16.4. The molecule has 0 aromatic heterocycles. The summed E-state index contributed by atoms with van der Waals surface area (Å²) in [6.45, 7) is 11.9. The van der Waals surface area contributed by atoms with Crippen molar-refractivity contribution in [3.05, 3.63) is 65.2 Å². The number of rotatable bonds is 15. The van der Waals surface area contributed by atoms with E-state index in [2.05, 4.69) is 58.1 Å². The number of para-hydroxylation sites is 1. The van der Waals surface area contributed by atoms with Crippen LogP contribution < -0.4 is 5.32 Å². The predicted molar refractivity (Wildman–Crippen MR) is 144 cm³/mol. The lowest BCUT2D eigenvalue weighted by atomic mass is 9.93. The Bertz CT molecular complexity index is 807. The van der Waals surface area contributed by atoms with Crippen LogP contribution in [0.1, 0.15) is 115 Å². The summed E-state index contributed by atoms with van der Waals surface area (Å²) in [6.07, 6.45) is 9.80. The van der Waals surface area contributed by atoms with Gasteiger partial charge in [0.15, 0.2) is 0 Å². The van der Waals surface area contributed by atoms with Crippen molar-refractivity contribution in [3.8, 4) is 0 Å². The van der Waals surface area contributed by atoms with Crippen LogP contribution in [-0.2, 0) is 11.4 Å². The van der Waals surface area contributed by atoms with E-state index in [1.54, 1.807) is 0 Å². The lowest BCUT2D eigenvalue weighted by molar-refractivity contribution is -0.125. The molecule has 0 atom stereocenters. The third-order valence-electron chi connectivity index (χ3n) is 6.28. The average Bonchev–Trinajstić information content (AvgIpc) is 2.83. The lowest BCUT2D eigenvalue weighted by Gasteiger charge is -2.25. The van der Waals surface area contributed by atoms with Crippen LogP contribution in [0.2, 0.25) is 0 Å². The van der Waals surface area contributed by atoms with Gasteiger partial charge in [-0.25, -0.2) is 9.86 Å². The molecule has 0 saturated carbocycles. The van der Waals surface area contributed by atoms with Gasteiger partial charge in [0.2, 0.25) is 0 Å². The van der Waals surface area contributed by atoms with Crippen molar-refractivity contribution < 1.29 is 9.63 Å². The molecule has 4 heteroatoms. The van der Waals surface area contributed by atoms with E-state index in [-0.39, 0.29) is 6.03 Å². The van der Waals surface area contributed by atoms with Crippen LogP contribution in [0.3, 0.4) is 0 Å². The van der Waals surface area contributed by atoms with E-state index < -0.39 is 0 Å². The molecule has 2 rings (SSSR count). The Hall–Kier alpha value is -2.33. The van der Waals surface area contributed by atoms with Gasteiger partial charge in [0.25, 0.3) is 0 Å². The zero-order valence-electron chi connectivity index (χ0n) is 22.1. The molecule has 2 aromatic carbocycles. The Morgan fingerprint density at radius 1 is 0.794 bits per heavy atom. The molecule has 0 spiro atoms. The number of carbonyl (C=O) groups is 1. The molecule has 0 fully saturated rings. The summed E-state index contributed by atoms with van der Waals surface area (Å²) in [5.74, 6) is 0.640. The average molecular weight is 467 g/mol. The van der Waals surface area contributed by atoms with E-state index in [4.69, 9.17) is 4.84 Å². The standard InChI is InChI=1S/C30H46N2O2/c1-6-7-8-9-10-11-12-16-22-32(34-23-26-18-14-13-15-19-26)30(33)31-29-27(24(2)3)20-17-21-28(29)25(4)5/h13-15,17-21,24-25H,6-12,16,22-23H2,1-5H3,(H,31,33). The highest BCUT2D eigenvalue weighted by molar-refractivity contribution is 5.90. The fourth-order valence-corrected chi connectivity index (χ4v) is 4.21. The molecule has 188 valence electrons. The quantitative estimate of drug-likeness (QED) is 0.210. The maximum Gasteiger partial charge on any atom is 0.345 e. The summed E-state index contributed by atoms with van der Waals surface area (Å²) in [6, 6.07) is 16.2. The summed E-state index contributed by atoms with van der Waals surface area (Å²) in [7, 11) is 0. The first-order valence-corrected chi connectivity index (χ1v) is 13.3. The van der Waals surface area contributed by atoms with Gasteiger partial charge in [-0.05, 0) is 34.9 Å². The van der Waals surface area contributed by atoms with Gasteiger partial charge in [0, 0.05) is 5.69 Å². The maximum absolute atomic E-state index is 13.4. The zero-order valence-corrected chi connectivity index (χ0v) is 22.1. The predicted octanol–water partition coefficient (Wildman–Crippen LogP) is 9.04. The number of benzene rings is 2. The highest BCUT2D eigenvalue weighted by Gasteiger charge is 2.20. The third-order valence-corrected chi connectivity index (χ3v) is 6.28. The smallest absolute Gasteiger partial charge is 0.305 e. The van der Waals surface area contributed by atoms with Crippen molar-refractivity contribution in [2.75, 3.05) is 11.9 Å². The number of nitrogens with one attached hydrogen (secondary N) is 1. The molecule has 0 aliphatic rings. The number of unbranched alkanes of at least 4 members (excludes halogenated alkanes) is 7. The van der Waals surface area contributed by atoms with E-state index in [0.717, 1.165) is 35.2 Å². The molecule has 1 N–H and O–H groups in total. The van der Waals surface area contributed by atoms with Gasteiger partial charge in [0.1, 0.15) is 6.61 Å². The molecule has 0 aliphatic carbocycles. The Labute approximate surface area is 208 Å². The summed E-state index contributed by atoms with van der Waals surface area (Å²) < 4.78 is 0. The number of amides is 2. The summed E-state index contributed by atoms with van der Waals surface area (Å²) >= 11 is 0. The number of hydrogen-bond acceptors (Lipinski definition) is 2. The molecule has 4 nitrogen and oxygen atoms in total. The highest BCUT2D eigenvalue weighted by atomic mass is 16.7. The second kappa shape index (κ2) is 15.5. The molecule has 0 radical (unpaired) electrons. The number of carbonyl (C=O) groups excluding carboxylic acids is 1. The molecule has 34 heavy (non-hydrogen) atoms. The molecular formula is C30H46N2O2. The SMILES string of the molecule is CCCCCCCCCCN(OCc1ccccc1)C(=O)Nc1c(C(C)C)cccc1C(C)C. The fourth-order valence-electron chi connectivity index (χ4n) is 4.21. The topological polar surface area (TPSA) is 41.6 Å². The van der Waals surface area contributed by atoms with Gasteiger partial charge in [0.05, 0.1) is 6.54 Å². The van der Waals surface area contributed by atoms with E-state index in [9.17, 15) is 4.79 Å². The lowest BCUT2D eigenvalue weighted by Crippen LogP contribution is -2.36. The molecule has 0 aliphatic heterocycles. The van der Waals surface area contributed by atoms with Crippen LogP contribution in [0, 0.1) is 0 Å². The van der Waals surface area contributed by atoms with Crippen molar-refractivity contribution >= 4 is 11.7 Å². The van der Waals surface area contributed by atoms with Gasteiger partial charge in [-0.3, -0.25) is 4.84 Å². The summed E-state index contributed by atoms with van der Waals surface area (Å²) in [5, 5.41) is 4.75. The second-order valence-electron chi connectivity index (χ2n) is 9.89. The van der Waals surface area contributed by atoms with Crippen molar-refractivity contribution in [2.24, 2.45) is 0 Å². The van der Waals surface area contributed by atoms with E-state index in [1.807, 2.05) is 30.3 Å². The van der Waals surface area contributed by atoms with Crippen molar-refractivity contribution in [1.82, 2.24) is 5.06 Å². The summed E-state index contributed by atoms with van der Waals surface area (Å²) in [5.41, 5.74) is 4.31. The van der Waals surface area contributed by atoms with E-state index >= 15 is 0 Å². The molecule has 0 heterocycles. The van der Waals surface area contributed by atoms with Crippen LogP contribution >= 0.6 is 0 Å². The normalized spacial score (nSPS) is 11.3. The number of anilines is 1. The maximum atomic E-state index is 13.4. The van der Waals surface area contributed by atoms with Crippen LogP contribution in [-0.4, -0.2) is 17.6 Å². The largest absolute Gasteiger partial charge is 0.345 e. The number of hydroxylamine groups is 2. The minimum absolute atomic E-state index is 0.186. The first-order valence-electron chi connectivity index (χ1n) is 13.3. The van der Waals surface area contributed by atoms with Gasteiger partial charge < -0.3 is 5.32 Å². The molecule has 0 unspecified atom stereocenters. The zero-order chi connectivity index (χ0) is 24.8. The Morgan fingerprint density at radius 3 is 1.91 bits per heavy atom. The van der Waals surface area contributed by atoms with Crippen LogP contribution in [0.15, 0.2) is 48.5 Å². The van der Waals surface area contributed by atoms with Gasteiger partial charge in [-0.2, -0.15) is 0 Å². The highest BCUT2D eigenvalue weighted by Crippen LogP contribution is 2.32. The monoisotopic (exact) mass is 466 g/mol. The van der Waals surface area contributed by atoms with Gasteiger partial charge in [-0.15, -0.1) is 0 Å². The number of nitrogens with zero attached hydrogens (tertiary/aromatic N) is 1. The third kappa shape index (κ3) is 9.50. The first kappa shape index (κ1) is 27.9. The van der Waals surface area contributed by atoms with Gasteiger partial charge >= 0.3 is 6.03 Å². The Morgan fingerprint density at radius 2 is 1.35 bits per heavy atom. The number of urea groups is 1. The van der Waals surface area contributed by atoms with Crippen LogP contribution in [0.25, 0.3) is 0 Å². The molecule has 2 aromatic rings. The minimum Gasteiger partial charge on any atom is -0.305 e. The molecular weight excluding hydrogens is 420 g/mol. The Kier molecular flexibility index (Phi) is 12.8. The molecule has 0 bridgehead atoms. The second-order valence-corrected chi connectivity index (χ2v) is 9.89. The van der Waals surface area contributed by atoms with Crippen LogP contribution in [0.4, 0.5) is 10.5 Å². The van der Waals surface area contributed by atoms with E-state index in [0.29, 0.717) is 25.0 Å². The van der Waals surface area contributed by atoms with Crippen LogP contribution in [0.5, 0.6) is 0 Å². The van der Waals surface area contributed by atoms with Gasteiger partial charge in [-0.1, -0.05) is 128 Å². The molecule has 0 saturated heterocycles. The summed E-state index contributed by atoms with van der Waals surface area (Å²) in [4.78, 5) is 19.5. The van der Waals surface area contributed by atoms with Crippen molar-refractivity contribution in [1.29, 1.82) is 0 Å². The van der Waals surface area contributed by atoms with Crippen molar-refractivity contribution in [2.45, 2.75) is 104 Å². The number of hydrogen-bond donors (Lipinski definition) is 1. The van der Waals surface area contributed by atoms with E-state index in [1.165, 1.54) is 43.6 Å².